The zero-order chi connectivity index (χ0) is 37.2. The first-order chi connectivity index (χ1) is 24.1. The lowest BCUT2D eigenvalue weighted by Crippen LogP contribution is -2.60. The van der Waals surface area contributed by atoms with Gasteiger partial charge in [0.15, 0.2) is 5.83 Å². The van der Waals surface area contributed by atoms with E-state index in [-0.39, 0.29) is 28.4 Å². The Bertz CT molecular complexity index is 2090. The van der Waals surface area contributed by atoms with E-state index in [1.807, 2.05) is 5.32 Å². The van der Waals surface area contributed by atoms with E-state index in [2.05, 4.69) is 47.5 Å². The number of nitrogens with one attached hydrogen (secondary N) is 2. The molecule has 10 nitrogen and oxygen atoms in total. The third kappa shape index (κ3) is 7.84. The van der Waals surface area contributed by atoms with Crippen LogP contribution in [0.25, 0.3) is 33.3 Å². The lowest BCUT2D eigenvalue weighted by atomic mass is 9.96. The summed E-state index contributed by atoms with van der Waals surface area (Å²) < 4.78 is 53.4. The number of fused-ring (bicyclic) bond motifs is 1. The van der Waals surface area contributed by atoms with Crippen molar-refractivity contribution in [3.63, 3.8) is 0 Å². The summed E-state index contributed by atoms with van der Waals surface area (Å²) >= 11 is 6.49. The number of pyridine rings is 1. The molecule has 3 amide bonds. The predicted molar refractivity (Wildman–Crippen MR) is 188 cm³/mol. The number of likely N-dealkylation sites (N-methyl/N-ethyl adjacent to an activating group) is 1. The molecule has 0 saturated carbocycles. The highest BCUT2D eigenvalue weighted by Gasteiger charge is 2.33. The predicted octanol–water partition coefficient (Wildman–Crippen LogP) is 5.76. The molecule has 0 unspecified atom stereocenters. The van der Waals surface area contributed by atoms with Crippen LogP contribution in [0.2, 0.25) is 5.02 Å². The summed E-state index contributed by atoms with van der Waals surface area (Å²) in [7, 11) is 1.75. The van der Waals surface area contributed by atoms with Crippen LogP contribution in [0.3, 0.4) is 0 Å². The largest absolute Gasteiger partial charge is 0.405 e. The summed E-state index contributed by atoms with van der Waals surface area (Å²) in [5.74, 6) is 2.30. The van der Waals surface area contributed by atoms with Gasteiger partial charge in [0.05, 0.1) is 32.7 Å². The Balaban J connectivity index is 1.61. The maximum atomic E-state index is 13.3. The summed E-state index contributed by atoms with van der Waals surface area (Å²) in [5, 5.41) is 4.53. The van der Waals surface area contributed by atoms with Crippen molar-refractivity contribution in [3.05, 3.63) is 77.2 Å². The van der Waals surface area contributed by atoms with E-state index in [9.17, 15) is 31.9 Å². The highest BCUT2D eigenvalue weighted by Crippen LogP contribution is 2.44. The lowest BCUT2D eigenvalue weighted by molar-refractivity contribution is -0.132. The van der Waals surface area contributed by atoms with Crippen LogP contribution in [0, 0.1) is 11.8 Å². The van der Waals surface area contributed by atoms with Crippen molar-refractivity contribution in [2.24, 2.45) is 7.05 Å². The Hall–Kier alpha value is -5.39. The van der Waals surface area contributed by atoms with Gasteiger partial charge in [0.25, 0.3) is 17.7 Å². The minimum Gasteiger partial charge on any atom is -0.383 e. The van der Waals surface area contributed by atoms with Crippen LogP contribution in [-0.2, 0) is 16.6 Å². The van der Waals surface area contributed by atoms with Gasteiger partial charge >= 0.3 is 6.18 Å². The van der Waals surface area contributed by atoms with Crippen molar-refractivity contribution in [2.45, 2.75) is 26.1 Å². The summed E-state index contributed by atoms with van der Waals surface area (Å²) in [6, 6.07) is 11.0. The Morgan fingerprint density at radius 3 is 2.33 bits per heavy atom. The van der Waals surface area contributed by atoms with Crippen LogP contribution in [0.1, 0.15) is 29.8 Å². The molecule has 1 aliphatic heterocycles. The molecule has 1 fully saturated rings. The van der Waals surface area contributed by atoms with Crippen molar-refractivity contribution >= 4 is 51.7 Å². The first-order valence-corrected chi connectivity index (χ1v) is 16.2. The molecule has 2 aromatic heterocycles. The van der Waals surface area contributed by atoms with Crippen LogP contribution in [-0.4, -0.2) is 82.0 Å². The Morgan fingerprint density at radius 2 is 1.75 bits per heavy atom. The number of aromatic nitrogens is 2. The number of nitrogen functional groups attached to an aromatic ring is 1. The quantitative estimate of drug-likeness (QED) is 0.115. The summed E-state index contributed by atoms with van der Waals surface area (Å²) in [5.41, 5.74) is 9.61. The van der Waals surface area contributed by atoms with Gasteiger partial charge in [-0.3, -0.25) is 19.3 Å². The average Bonchev–Trinajstić information content (AvgIpc) is 3.38. The fourth-order valence-corrected chi connectivity index (χ4v) is 6.32. The number of likely N-dealkylation sites (tertiary alicyclic amines) is 1. The highest BCUT2D eigenvalue weighted by molar-refractivity contribution is 6.34. The van der Waals surface area contributed by atoms with Crippen LogP contribution in [0.15, 0.2) is 61.1 Å². The standard InChI is InChI=1S/C36H34ClF4N7O3/c1-5-47(6-2)25-17-48(18-25)28(49)14-10-23-16-43-33(42)30-29(22-9-13-26(27(37)15-22)35(51)44-19-36(39,40)41)31(46(4)32(23)30)21-7-11-24(12-8-21)45-34(50)20(3)38/h7-9,11-13,15-16,25H,3,5-6,17-19H2,1-2,4H3,(H2,42,43)(H,44,51)(H,45,50). The van der Waals surface area contributed by atoms with Crippen molar-refractivity contribution < 1.29 is 31.9 Å². The smallest absolute Gasteiger partial charge is 0.383 e. The number of amides is 3. The Morgan fingerprint density at radius 1 is 1.10 bits per heavy atom. The van der Waals surface area contributed by atoms with Gasteiger partial charge in [-0.1, -0.05) is 56.1 Å². The summed E-state index contributed by atoms with van der Waals surface area (Å²) in [6.07, 6.45) is -3.15. The molecule has 3 heterocycles. The van der Waals surface area contributed by atoms with E-state index < -0.39 is 30.4 Å². The van der Waals surface area contributed by atoms with Crippen molar-refractivity contribution in [3.8, 4) is 34.2 Å². The Labute approximate surface area is 296 Å². The molecule has 4 aromatic rings. The van der Waals surface area contributed by atoms with Gasteiger partial charge in [-0.25, -0.2) is 9.37 Å². The first kappa shape index (κ1) is 36.9. The van der Waals surface area contributed by atoms with Crippen LogP contribution in [0.4, 0.5) is 29.1 Å². The third-order valence-electron chi connectivity index (χ3n) is 8.64. The van der Waals surface area contributed by atoms with Gasteiger partial charge in [0.1, 0.15) is 12.4 Å². The van der Waals surface area contributed by atoms with Gasteiger partial charge in [0.2, 0.25) is 0 Å². The highest BCUT2D eigenvalue weighted by atomic mass is 35.5. The monoisotopic (exact) mass is 723 g/mol. The van der Waals surface area contributed by atoms with E-state index in [4.69, 9.17) is 17.3 Å². The van der Waals surface area contributed by atoms with Crippen molar-refractivity contribution in [2.75, 3.05) is 43.8 Å². The maximum absolute atomic E-state index is 13.3. The van der Waals surface area contributed by atoms with E-state index in [1.54, 1.807) is 40.8 Å². The first-order valence-electron chi connectivity index (χ1n) is 15.9. The van der Waals surface area contributed by atoms with Gasteiger partial charge in [-0.2, -0.15) is 13.2 Å². The number of nitrogens with two attached hydrogens (primary N) is 1. The lowest BCUT2D eigenvalue weighted by Gasteiger charge is -2.44. The number of halogens is 5. The minimum absolute atomic E-state index is 0.108. The van der Waals surface area contributed by atoms with Crippen LogP contribution < -0.4 is 16.4 Å². The number of carbonyl (C=O) groups is 3. The van der Waals surface area contributed by atoms with E-state index >= 15 is 0 Å². The van der Waals surface area contributed by atoms with E-state index in [0.717, 1.165) is 13.1 Å². The molecule has 4 N–H and O–H groups in total. The average molecular weight is 724 g/mol. The fraction of sp³-hybridized carbons (Fsp3) is 0.278. The molecule has 51 heavy (non-hydrogen) atoms. The molecule has 0 bridgehead atoms. The van der Waals surface area contributed by atoms with Gasteiger partial charge in [-0.05, 0) is 48.5 Å². The summed E-state index contributed by atoms with van der Waals surface area (Å²) in [4.78, 5) is 45.8. The van der Waals surface area contributed by atoms with Crippen LogP contribution in [0.5, 0.6) is 0 Å². The normalized spacial score (nSPS) is 13.1. The number of carbonyl (C=O) groups excluding carboxylic acids is 3. The molecule has 0 spiro atoms. The molecule has 1 aliphatic rings. The molecule has 1 saturated heterocycles. The second kappa shape index (κ2) is 14.8. The fourth-order valence-electron chi connectivity index (χ4n) is 6.05. The minimum atomic E-state index is -4.61. The third-order valence-corrected chi connectivity index (χ3v) is 8.95. The number of aryl methyl sites for hydroxylation is 1. The maximum Gasteiger partial charge on any atom is 0.405 e. The number of hydrogen-bond acceptors (Lipinski definition) is 6. The van der Waals surface area contributed by atoms with Gasteiger partial charge in [0, 0.05) is 49.5 Å². The number of nitrogens with zero attached hydrogens (tertiary/aromatic N) is 4. The molecular weight excluding hydrogens is 690 g/mol. The number of hydrogen-bond donors (Lipinski definition) is 3. The molecule has 15 heteroatoms. The molecule has 266 valence electrons. The number of anilines is 2. The Kier molecular flexibility index (Phi) is 10.7. The number of benzene rings is 2. The molecule has 0 aliphatic carbocycles. The molecule has 0 radical (unpaired) electrons. The molecule has 5 rings (SSSR count). The van der Waals surface area contributed by atoms with Gasteiger partial charge < -0.3 is 25.8 Å². The van der Waals surface area contributed by atoms with Gasteiger partial charge in [-0.15, -0.1) is 0 Å². The van der Waals surface area contributed by atoms with E-state index in [0.29, 0.717) is 57.6 Å². The molecular formula is C36H34ClF4N7O3. The molecule has 0 atom stereocenters. The van der Waals surface area contributed by atoms with Crippen LogP contribution >= 0.6 is 11.6 Å². The zero-order valence-corrected chi connectivity index (χ0v) is 28.7. The number of alkyl halides is 3. The SMILES string of the molecule is C=C(F)C(=O)Nc1ccc(-c2c(-c3ccc(C(=O)NCC(F)(F)F)c(Cl)c3)c3c(N)ncc(C#CC(=O)N4CC(N(CC)CC)C4)c3n2C)cc1. The topological polar surface area (TPSA) is 126 Å². The van der Waals surface area contributed by atoms with Crippen molar-refractivity contribution in [1.29, 1.82) is 0 Å². The van der Waals surface area contributed by atoms with E-state index in [1.165, 1.54) is 24.4 Å². The zero-order valence-electron chi connectivity index (χ0n) is 27.9. The second-order valence-electron chi connectivity index (χ2n) is 11.8. The molecule has 2 aromatic carbocycles. The van der Waals surface area contributed by atoms with Crippen molar-refractivity contribution in [1.82, 2.24) is 24.7 Å². The number of rotatable bonds is 9. The summed E-state index contributed by atoms with van der Waals surface area (Å²) in [6.45, 7) is 8.52. The second-order valence-corrected chi connectivity index (χ2v) is 12.2.